The average Bonchev–Trinajstić information content (AvgIpc) is 2.93. The molecule has 2 atom stereocenters. The Bertz CT molecular complexity index is 542. The van der Waals surface area contributed by atoms with Gasteiger partial charge in [0.1, 0.15) is 5.54 Å². The Balaban J connectivity index is 2.20. The highest BCUT2D eigenvalue weighted by atomic mass is 16.4. The van der Waals surface area contributed by atoms with Crippen LogP contribution in [0.4, 0.5) is 0 Å². The van der Waals surface area contributed by atoms with Gasteiger partial charge in [-0.15, -0.1) is 0 Å². The number of likely N-dealkylation sites (tertiary alicyclic amines) is 1. The number of carboxylic acids is 1. The summed E-state index contributed by atoms with van der Waals surface area (Å²) in [5.74, 6) is -1.05. The fourth-order valence-corrected chi connectivity index (χ4v) is 2.90. The number of hydrogen-bond donors (Lipinski definition) is 2. The van der Waals surface area contributed by atoms with E-state index in [9.17, 15) is 14.7 Å². The number of carbonyl (C=O) groups excluding carboxylic acids is 1. The summed E-state index contributed by atoms with van der Waals surface area (Å²) in [5.41, 5.74) is 5.00. The minimum Gasteiger partial charge on any atom is -0.481 e. The molecule has 114 valence electrons. The van der Waals surface area contributed by atoms with Crippen molar-refractivity contribution in [2.24, 2.45) is 11.1 Å². The molecule has 0 spiro atoms. The topological polar surface area (TPSA) is 83.6 Å². The molecule has 1 amide bonds. The second-order valence-electron chi connectivity index (χ2n) is 5.98. The summed E-state index contributed by atoms with van der Waals surface area (Å²) in [5, 5.41) is 9.41. The molecule has 0 saturated carbocycles. The second kappa shape index (κ2) is 5.48. The lowest BCUT2D eigenvalue weighted by atomic mass is 9.84. The molecule has 1 aromatic rings. The summed E-state index contributed by atoms with van der Waals surface area (Å²) in [6, 6.07) is 9.18. The highest BCUT2D eigenvalue weighted by Gasteiger charge is 2.47. The number of hydrogen-bond acceptors (Lipinski definition) is 3. The van der Waals surface area contributed by atoms with Gasteiger partial charge in [0.15, 0.2) is 0 Å². The van der Waals surface area contributed by atoms with Crippen molar-refractivity contribution in [1.82, 2.24) is 4.90 Å². The SMILES string of the molecule is CCC1(C(=O)O)CCN(C(=O)C(C)(N)c2ccccc2)C1. The first-order chi connectivity index (χ1) is 9.83. The van der Waals surface area contributed by atoms with Crippen LogP contribution < -0.4 is 5.73 Å². The predicted octanol–water partition coefficient (Wildman–Crippen LogP) is 1.57. The summed E-state index contributed by atoms with van der Waals surface area (Å²) in [7, 11) is 0. The van der Waals surface area contributed by atoms with E-state index in [-0.39, 0.29) is 12.5 Å². The van der Waals surface area contributed by atoms with Crippen molar-refractivity contribution in [3.05, 3.63) is 35.9 Å². The molecule has 1 saturated heterocycles. The summed E-state index contributed by atoms with van der Waals surface area (Å²) >= 11 is 0. The van der Waals surface area contributed by atoms with Gasteiger partial charge in [-0.25, -0.2) is 0 Å². The van der Waals surface area contributed by atoms with Crippen LogP contribution in [0.5, 0.6) is 0 Å². The van der Waals surface area contributed by atoms with Gasteiger partial charge in [-0.1, -0.05) is 37.3 Å². The monoisotopic (exact) mass is 290 g/mol. The van der Waals surface area contributed by atoms with E-state index in [4.69, 9.17) is 5.73 Å². The highest BCUT2D eigenvalue weighted by molar-refractivity contribution is 5.88. The molecule has 0 bridgehead atoms. The molecule has 1 aliphatic rings. The summed E-state index contributed by atoms with van der Waals surface area (Å²) in [6.45, 7) is 4.20. The van der Waals surface area contributed by atoms with Crippen molar-refractivity contribution in [3.8, 4) is 0 Å². The van der Waals surface area contributed by atoms with Crippen LogP contribution in [0.3, 0.4) is 0 Å². The van der Waals surface area contributed by atoms with E-state index in [0.717, 1.165) is 5.56 Å². The molecule has 5 heteroatoms. The van der Waals surface area contributed by atoms with Crippen LogP contribution in [0.25, 0.3) is 0 Å². The molecule has 1 aromatic carbocycles. The Morgan fingerprint density at radius 3 is 2.48 bits per heavy atom. The molecule has 1 heterocycles. The predicted molar refractivity (Wildman–Crippen MR) is 79.5 cm³/mol. The fourth-order valence-electron chi connectivity index (χ4n) is 2.90. The lowest BCUT2D eigenvalue weighted by Gasteiger charge is -2.30. The maximum Gasteiger partial charge on any atom is 0.311 e. The summed E-state index contributed by atoms with van der Waals surface area (Å²) in [4.78, 5) is 25.8. The molecule has 1 fully saturated rings. The number of nitrogens with two attached hydrogens (primary N) is 1. The lowest BCUT2D eigenvalue weighted by molar-refractivity contribution is -0.149. The number of benzene rings is 1. The van der Waals surface area contributed by atoms with E-state index in [2.05, 4.69) is 0 Å². The van der Waals surface area contributed by atoms with Gasteiger partial charge in [0.25, 0.3) is 0 Å². The Morgan fingerprint density at radius 1 is 1.38 bits per heavy atom. The van der Waals surface area contributed by atoms with Crippen molar-refractivity contribution < 1.29 is 14.7 Å². The van der Waals surface area contributed by atoms with Gasteiger partial charge in [-0.3, -0.25) is 9.59 Å². The number of nitrogens with zero attached hydrogens (tertiary/aromatic N) is 1. The second-order valence-corrected chi connectivity index (χ2v) is 5.98. The number of amides is 1. The first-order valence-corrected chi connectivity index (χ1v) is 7.21. The van der Waals surface area contributed by atoms with Crippen LogP contribution in [0.1, 0.15) is 32.3 Å². The van der Waals surface area contributed by atoms with Crippen LogP contribution in [-0.2, 0) is 15.1 Å². The first-order valence-electron chi connectivity index (χ1n) is 7.21. The van der Waals surface area contributed by atoms with Crippen LogP contribution in [0.2, 0.25) is 0 Å². The lowest BCUT2D eigenvalue weighted by Crippen LogP contribution is -2.51. The molecule has 0 aromatic heterocycles. The van der Waals surface area contributed by atoms with Gasteiger partial charge >= 0.3 is 5.97 Å². The van der Waals surface area contributed by atoms with Crippen LogP contribution >= 0.6 is 0 Å². The summed E-state index contributed by atoms with van der Waals surface area (Å²) < 4.78 is 0. The largest absolute Gasteiger partial charge is 0.481 e. The van der Waals surface area contributed by atoms with Gasteiger partial charge in [-0.2, -0.15) is 0 Å². The van der Waals surface area contributed by atoms with Crippen molar-refractivity contribution in [2.45, 2.75) is 32.2 Å². The Labute approximate surface area is 124 Å². The molecule has 21 heavy (non-hydrogen) atoms. The Hall–Kier alpha value is -1.88. The molecule has 0 radical (unpaired) electrons. The van der Waals surface area contributed by atoms with Crippen molar-refractivity contribution in [3.63, 3.8) is 0 Å². The third-order valence-corrected chi connectivity index (χ3v) is 4.59. The van der Waals surface area contributed by atoms with Gasteiger partial charge in [-0.05, 0) is 25.3 Å². The van der Waals surface area contributed by atoms with Gasteiger partial charge in [0, 0.05) is 13.1 Å². The van der Waals surface area contributed by atoms with E-state index < -0.39 is 16.9 Å². The number of aliphatic carboxylic acids is 1. The van der Waals surface area contributed by atoms with Crippen LogP contribution in [-0.4, -0.2) is 35.0 Å². The minimum absolute atomic E-state index is 0.217. The fraction of sp³-hybridized carbons (Fsp3) is 0.500. The third-order valence-electron chi connectivity index (χ3n) is 4.59. The zero-order chi connectivity index (χ0) is 15.7. The Morgan fingerprint density at radius 2 is 2.00 bits per heavy atom. The van der Waals surface area contributed by atoms with Crippen molar-refractivity contribution in [1.29, 1.82) is 0 Å². The van der Waals surface area contributed by atoms with E-state index >= 15 is 0 Å². The van der Waals surface area contributed by atoms with Gasteiger partial charge < -0.3 is 15.7 Å². The average molecular weight is 290 g/mol. The number of rotatable bonds is 4. The normalized spacial score (nSPS) is 24.6. The number of carboxylic acid groups (broad SMARTS) is 1. The molecule has 2 unspecified atom stereocenters. The zero-order valence-corrected chi connectivity index (χ0v) is 12.5. The maximum absolute atomic E-state index is 12.7. The van der Waals surface area contributed by atoms with Crippen LogP contribution in [0, 0.1) is 5.41 Å². The van der Waals surface area contributed by atoms with Crippen molar-refractivity contribution in [2.75, 3.05) is 13.1 Å². The molecule has 1 aliphatic heterocycles. The minimum atomic E-state index is -1.14. The van der Waals surface area contributed by atoms with Gasteiger partial charge in [0.05, 0.1) is 5.41 Å². The third kappa shape index (κ3) is 2.65. The molecular weight excluding hydrogens is 268 g/mol. The maximum atomic E-state index is 12.7. The van der Waals surface area contributed by atoms with Crippen LogP contribution in [0.15, 0.2) is 30.3 Å². The quantitative estimate of drug-likeness (QED) is 0.881. The molecule has 2 rings (SSSR count). The molecule has 3 N–H and O–H groups in total. The number of carbonyl (C=O) groups is 2. The van der Waals surface area contributed by atoms with Gasteiger partial charge in [0.2, 0.25) is 5.91 Å². The Kier molecular flexibility index (Phi) is 4.05. The molecule has 0 aliphatic carbocycles. The molecular formula is C16H22N2O3. The highest BCUT2D eigenvalue weighted by Crippen LogP contribution is 2.36. The first kappa shape index (κ1) is 15.5. The van der Waals surface area contributed by atoms with E-state index in [1.807, 2.05) is 37.3 Å². The van der Waals surface area contributed by atoms with E-state index in [1.54, 1.807) is 11.8 Å². The summed E-state index contributed by atoms with van der Waals surface area (Å²) in [6.07, 6.45) is 0.994. The smallest absolute Gasteiger partial charge is 0.311 e. The van der Waals surface area contributed by atoms with Crippen molar-refractivity contribution >= 4 is 11.9 Å². The zero-order valence-electron chi connectivity index (χ0n) is 12.5. The standard InChI is InChI=1S/C16H22N2O3/c1-3-16(14(20)21)9-10-18(11-16)13(19)15(2,17)12-7-5-4-6-8-12/h4-8H,3,9-11,17H2,1-2H3,(H,20,21). The van der Waals surface area contributed by atoms with E-state index in [1.165, 1.54) is 0 Å². The molecule has 5 nitrogen and oxygen atoms in total. The van der Waals surface area contributed by atoms with E-state index in [0.29, 0.717) is 19.4 Å².